The number of hydrogen-bond donors (Lipinski definition) is 1. The largest absolute Gasteiger partial charge is 0.375 e. The maximum absolute atomic E-state index is 12.8. The molecule has 1 aromatic heterocycles. The van der Waals surface area contributed by atoms with Crippen LogP contribution in [0.1, 0.15) is 43.1 Å². The number of nitrogens with zero attached hydrogens (tertiary/aromatic N) is 4. The van der Waals surface area contributed by atoms with Crippen LogP contribution in [0.15, 0.2) is 24.3 Å². The molecule has 1 aliphatic carbocycles. The first-order valence-corrected chi connectivity index (χ1v) is 9.86. The summed E-state index contributed by atoms with van der Waals surface area (Å²) >= 11 is 0. The third kappa shape index (κ3) is 4.47. The van der Waals surface area contributed by atoms with Gasteiger partial charge in [-0.2, -0.15) is 0 Å². The van der Waals surface area contributed by atoms with Crippen molar-refractivity contribution in [3.05, 3.63) is 41.2 Å². The number of rotatable bonds is 6. The quantitative estimate of drug-likeness (QED) is 0.849. The Morgan fingerprint density at radius 2 is 2.22 bits per heavy atom. The van der Waals surface area contributed by atoms with Crippen molar-refractivity contribution in [2.24, 2.45) is 5.92 Å². The maximum atomic E-state index is 12.8. The van der Waals surface area contributed by atoms with Gasteiger partial charge >= 0.3 is 6.03 Å². The van der Waals surface area contributed by atoms with E-state index in [4.69, 9.17) is 4.74 Å². The van der Waals surface area contributed by atoms with E-state index in [0.717, 1.165) is 49.0 Å². The molecule has 0 spiro atoms. The van der Waals surface area contributed by atoms with Gasteiger partial charge in [-0.15, -0.1) is 5.10 Å². The van der Waals surface area contributed by atoms with Crippen molar-refractivity contribution in [2.75, 3.05) is 18.5 Å². The number of aromatic nitrogens is 3. The molecule has 144 valence electrons. The van der Waals surface area contributed by atoms with E-state index < -0.39 is 0 Å². The minimum Gasteiger partial charge on any atom is -0.375 e. The molecule has 2 aromatic rings. The summed E-state index contributed by atoms with van der Waals surface area (Å²) in [7, 11) is 0. The molecule has 1 fully saturated rings. The average molecular weight is 369 g/mol. The number of carbonyl (C=O) groups excluding carboxylic acids is 1. The molecule has 1 N–H and O–H groups in total. The number of nitrogens with one attached hydrogen (secondary N) is 1. The third-order valence-electron chi connectivity index (χ3n) is 5.22. The molecule has 7 heteroatoms. The Kier molecular flexibility index (Phi) is 5.38. The monoisotopic (exact) mass is 369 g/mol. The standard InChI is InChI=1S/C20H27N5O2/c1-2-15-5-3-6-17(11-15)21-20(26)24-9-4-10-25-19(12-24)18(22-23-25)14-27-13-16-7-8-16/h3,5-6,11,16H,2,4,7-10,12-14H2,1H3,(H,21,26). The second-order valence-corrected chi connectivity index (χ2v) is 7.42. The lowest BCUT2D eigenvalue weighted by molar-refractivity contribution is 0.107. The van der Waals surface area contributed by atoms with Crippen LogP contribution in [-0.4, -0.2) is 39.1 Å². The van der Waals surface area contributed by atoms with Crippen molar-refractivity contribution in [3.63, 3.8) is 0 Å². The Hall–Kier alpha value is -2.41. The van der Waals surface area contributed by atoms with Gasteiger partial charge in [-0.1, -0.05) is 24.3 Å². The summed E-state index contributed by atoms with van der Waals surface area (Å²) in [6.45, 7) is 5.36. The number of anilines is 1. The molecular weight excluding hydrogens is 342 g/mol. The molecule has 0 saturated heterocycles. The molecule has 1 aromatic carbocycles. The summed E-state index contributed by atoms with van der Waals surface area (Å²) in [5, 5.41) is 11.6. The molecule has 0 bridgehead atoms. The van der Waals surface area contributed by atoms with Crippen molar-refractivity contribution in [1.82, 2.24) is 19.9 Å². The van der Waals surface area contributed by atoms with Crippen LogP contribution < -0.4 is 5.32 Å². The number of ether oxygens (including phenoxy) is 1. The van der Waals surface area contributed by atoms with Crippen LogP contribution in [0.4, 0.5) is 10.5 Å². The third-order valence-corrected chi connectivity index (χ3v) is 5.22. The molecule has 1 saturated carbocycles. The number of carbonyl (C=O) groups is 1. The number of fused-ring (bicyclic) bond motifs is 1. The Balaban J connectivity index is 1.41. The van der Waals surface area contributed by atoms with E-state index in [1.54, 1.807) is 0 Å². The summed E-state index contributed by atoms with van der Waals surface area (Å²) < 4.78 is 7.71. The van der Waals surface area contributed by atoms with Crippen LogP contribution in [0.3, 0.4) is 0 Å². The van der Waals surface area contributed by atoms with Gasteiger partial charge in [-0.25, -0.2) is 9.48 Å². The van der Waals surface area contributed by atoms with Gasteiger partial charge in [0, 0.05) is 25.4 Å². The fourth-order valence-corrected chi connectivity index (χ4v) is 3.36. The fraction of sp³-hybridized carbons (Fsp3) is 0.550. The summed E-state index contributed by atoms with van der Waals surface area (Å²) in [6, 6.07) is 7.92. The zero-order valence-corrected chi connectivity index (χ0v) is 15.9. The highest BCUT2D eigenvalue weighted by Crippen LogP contribution is 2.29. The van der Waals surface area contributed by atoms with Crippen molar-refractivity contribution < 1.29 is 9.53 Å². The van der Waals surface area contributed by atoms with Gasteiger partial charge in [-0.05, 0) is 49.3 Å². The van der Waals surface area contributed by atoms with Crippen molar-refractivity contribution in [3.8, 4) is 0 Å². The molecule has 27 heavy (non-hydrogen) atoms. The number of aryl methyl sites for hydroxylation is 2. The molecule has 0 radical (unpaired) electrons. The smallest absolute Gasteiger partial charge is 0.322 e. The van der Waals surface area contributed by atoms with E-state index in [1.807, 2.05) is 27.8 Å². The Labute approximate surface area is 159 Å². The first-order valence-electron chi connectivity index (χ1n) is 9.86. The number of hydrogen-bond acceptors (Lipinski definition) is 4. The van der Waals surface area contributed by atoms with Gasteiger partial charge in [0.1, 0.15) is 5.69 Å². The predicted octanol–water partition coefficient (Wildman–Crippen LogP) is 3.20. The van der Waals surface area contributed by atoms with Crippen molar-refractivity contribution >= 4 is 11.7 Å². The Bertz CT molecular complexity index is 799. The van der Waals surface area contributed by atoms with Gasteiger partial charge in [0.15, 0.2) is 0 Å². The summed E-state index contributed by atoms with van der Waals surface area (Å²) in [5.74, 6) is 0.723. The Morgan fingerprint density at radius 3 is 3.04 bits per heavy atom. The van der Waals surface area contributed by atoms with Crippen molar-refractivity contribution in [2.45, 2.75) is 52.3 Å². The summed E-state index contributed by atoms with van der Waals surface area (Å²) in [4.78, 5) is 14.6. The topological polar surface area (TPSA) is 72.3 Å². The van der Waals surface area contributed by atoms with Gasteiger partial charge in [-0.3, -0.25) is 0 Å². The second-order valence-electron chi connectivity index (χ2n) is 7.42. The Morgan fingerprint density at radius 1 is 1.33 bits per heavy atom. The minimum absolute atomic E-state index is 0.0808. The van der Waals surface area contributed by atoms with E-state index in [9.17, 15) is 4.79 Å². The van der Waals surface area contributed by atoms with Crippen LogP contribution >= 0.6 is 0 Å². The van der Waals surface area contributed by atoms with E-state index in [0.29, 0.717) is 19.7 Å². The van der Waals surface area contributed by atoms with Gasteiger partial charge < -0.3 is 15.0 Å². The SMILES string of the molecule is CCc1cccc(NC(=O)N2CCCn3nnc(COCC4CC4)c3C2)c1. The predicted molar refractivity (Wildman–Crippen MR) is 102 cm³/mol. The van der Waals surface area contributed by atoms with E-state index >= 15 is 0 Å². The van der Waals surface area contributed by atoms with E-state index in [-0.39, 0.29) is 6.03 Å². The fourth-order valence-electron chi connectivity index (χ4n) is 3.36. The molecule has 7 nitrogen and oxygen atoms in total. The zero-order valence-electron chi connectivity index (χ0n) is 15.9. The van der Waals surface area contributed by atoms with E-state index in [1.165, 1.54) is 18.4 Å². The first-order chi connectivity index (χ1) is 13.2. The van der Waals surface area contributed by atoms with Crippen LogP contribution in [0, 0.1) is 5.92 Å². The molecule has 2 amide bonds. The van der Waals surface area contributed by atoms with Gasteiger partial charge in [0.05, 0.1) is 18.8 Å². The maximum Gasteiger partial charge on any atom is 0.322 e. The number of urea groups is 1. The molecular formula is C20H27N5O2. The van der Waals surface area contributed by atoms with Gasteiger partial charge in [0.25, 0.3) is 0 Å². The second kappa shape index (κ2) is 8.08. The molecule has 0 atom stereocenters. The zero-order chi connectivity index (χ0) is 18.6. The van der Waals surface area contributed by atoms with Gasteiger partial charge in [0.2, 0.25) is 0 Å². The molecule has 2 aliphatic rings. The van der Waals surface area contributed by atoms with Crippen LogP contribution in [-0.2, 0) is 30.9 Å². The minimum atomic E-state index is -0.0808. The molecule has 4 rings (SSSR count). The lowest BCUT2D eigenvalue weighted by atomic mass is 10.1. The highest BCUT2D eigenvalue weighted by atomic mass is 16.5. The van der Waals surface area contributed by atoms with Crippen LogP contribution in [0.25, 0.3) is 0 Å². The summed E-state index contributed by atoms with van der Waals surface area (Å²) in [6.07, 6.45) is 4.35. The average Bonchev–Trinajstić information content (AvgIpc) is 3.46. The number of benzene rings is 1. The first kappa shape index (κ1) is 18.0. The van der Waals surface area contributed by atoms with Crippen molar-refractivity contribution in [1.29, 1.82) is 0 Å². The van der Waals surface area contributed by atoms with Crippen LogP contribution in [0.5, 0.6) is 0 Å². The molecule has 0 unspecified atom stereocenters. The highest BCUT2D eigenvalue weighted by molar-refractivity contribution is 5.89. The lowest BCUT2D eigenvalue weighted by Crippen LogP contribution is -2.34. The normalized spacial score (nSPS) is 16.7. The van der Waals surface area contributed by atoms with E-state index in [2.05, 4.69) is 28.6 Å². The molecule has 1 aliphatic heterocycles. The van der Waals surface area contributed by atoms with Crippen LogP contribution in [0.2, 0.25) is 0 Å². The summed E-state index contributed by atoms with van der Waals surface area (Å²) in [5.41, 5.74) is 3.88. The lowest BCUT2D eigenvalue weighted by Gasteiger charge is -2.21. The highest BCUT2D eigenvalue weighted by Gasteiger charge is 2.25. The number of amides is 2. The molecule has 2 heterocycles.